The Morgan fingerprint density at radius 1 is 1.50 bits per heavy atom. The highest BCUT2D eigenvalue weighted by Gasteiger charge is 2.45. The lowest BCUT2D eigenvalue weighted by atomic mass is 9.82. The number of hydrogen-bond acceptors (Lipinski definition) is 3. The van der Waals surface area contributed by atoms with Crippen LogP contribution in [0.5, 0.6) is 0 Å². The summed E-state index contributed by atoms with van der Waals surface area (Å²) in [6.45, 7) is 6.47. The van der Waals surface area contributed by atoms with Gasteiger partial charge in [0, 0.05) is 30.4 Å². The van der Waals surface area contributed by atoms with Crippen LogP contribution >= 0.6 is 0 Å². The molecule has 0 saturated heterocycles. The van der Waals surface area contributed by atoms with E-state index in [1.54, 1.807) is 12.3 Å². The first-order valence-electron chi connectivity index (χ1n) is 7.57. The minimum absolute atomic E-state index is 0.0985. The number of aryl methyl sites for hydroxylation is 1. The Balaban J connectivity index is 1.96. The van der Waals surface area contributed by atoms with E-state index in [-0.39, 0.29) is 18.2 Å². The molecule has 0 bridgehead atoms. The average Bonchev–Trinajstić information content (AvgIpc) is 3.04. The zero-order valence-electron chi connectivity index (χ0n) is 13.1. The summed E-state index contributed by atoms with van der Waals surface area (Å²) < 4.78 is 9.85. The maximum atomic E-state index is 11.3. The number of rotatable bonds is 5. The summed E-state index contributed by atoms with van der Waals surface area (Å²) in [6.07, 6.45) is 4.68. The largest absolute Gasteiger partial charge is 0.478 e. The summed E-state index contributed by atoms with van der Waals surface area (Å²) in [6, 6.07) is 3.91. The van der Waals surface area contributed by atoms with Gasteiger partial charge in [0.05, 0.1) is 23.8 Å². The molecule has 0 spiro atoms. The molecule has 118 valence electrons. The van der Waals surface area contributed by atoms with E-state index in [1.807, 2.05) is 37.7 Å². The predicted molar refractivity (Wildman–Crippen MR) is 81.2 cm³/mol. The first kappa shape index (κ1) is 14.8. The van der Waals surface area contributed by atoms with Gasteiger partial charge in [-0.1, -0.05) is 0 Å². The Labute approximate surface area is 129 Å². The van der Waals surface area contributed by atoms with E-state index in [9.17, 15) is 9.90 Å². The lowest BCUT2D eigenvalue weighted by Crippen LogP contribution is -2.46. The van der Waals surface area contributed by atoms with Gasteiger partial charge in [-0.05, 0) is 39.3 Å². The molecule has 2 aromatic heterocycles. The minimum Gasteiger partial charge on any atom is -0.478 e. The van der Waals surface area contributed by atoms with Crippen LogP contribution < -0.4 is 0 Å². The normalized spacial score (nSPS) is 24.2. The second kappa shape index (κ2) is 5.61. The van der Waals surface area contributed by atoms with Gasteiger partial charge < -0.3 is 14.4 Å². The van der Waals surface area contributed by atoms with Gasteiger partial charge in [-0.2, -0.15) is 5.10 Å². The van der Waals surface area contributed by atoms with Gasteiger partial charge in [0.1, 0.15) is 0 Å². The maximum Gasteiger partial charge on any atom is 0.337 e. The Bertz CT molecular complexity index is 675. The van der Waals surface area contributed by atoms with Crippen LogP contribution in [0.25, 0.3) is 0 Å². The van der Waals surface area contributed by atoms with E-state index in [2.05, 4.69) is 9.67 Å². The molecule has 1 saturated carbocycles. The van der Waals surface area contributed by atoms with E-state index >= 15 is 0 Å². The number of ether oxygens (including phenoxy) is 1. The Morgan fingerprint density at radius 3 is 2.82 bits per heavy atom. The third kappa shape index (κ3) is 2.23. The third-order valence-electron chi connectivity index (χ3n) is 4.51. The summed E-state index contributed by atoms with van der Waals surface area (Å²) in [5.74, 6) is -0.879. The Kier molecular flexibility index (Phi) is 3.78. The van der Waals surface area contributed by atoms with Gasteiger partial charge in [-0.25, -0.2) is 4.79 Å². The van der Waals surface area contributed by atoms with E-state index < -0.39 is 5.97 Å². The van der Waals surface area contributed by atoms with Crippen LogP contribution in [-0.4, -0.2) is 38.1 Å². The van der Waals surface area contributed by atoms with E-state index in [0.717, 1.165) is 17.8 Å². The molecule has 0 radical (unpaired) electrons. The molecule has 1 aliphatic rings. The molecule has 0 aliphatic heterocycles. The molecule has 0 amide bonds. The zero-order chi connectivity index (χ0) is 15.9. The van der Waals surface area contributed by atoms with Crippen molar-refractivity contribution in [2.24, 2.45) is 0 Å². The number of aromatic carboxylic acids is 1. The molecule has 3 unspecified atom stereocenters. The number of nitrogens with zero attached hydrogens (tertiary/aromatic N) is 3. The molecule has 1 N–H and O–H groups in total. The van der Waals surface area contributed by atoms with E-state index in [1.165, 1.54) is 0 Å². The molecule has 6 heteroatoms. The molecule has 1 aliphatic carbocycles. The molecule has 2 heterocycles. The van der Waals surface area contributed by atoms with Crippen LogP contribution in [0.2, 0.25) is 0 Å². The van der Waals surface area contributed by atoms with Gasteiger partial charge in [0.15, 0.2) is 0 Å². The van der Waals surface area contributed by atoms with Crippen molar-refractivity contribution in [3.8, 4) is 0 Å². The van der Waals surface area contributed by atoms with Crippen molar-refractivity contribution < 1.29 is 14.6 Å². The maximum absolute atomic E-state index is 11.3. The molecule has 0 aromatic carbocycles. The smallest absolute Gasteiger partial charge is 0.337 e. The first-order chi connectivity index (χ1) is 10.5. The fourth-order valence-electron chi connectivity index (χ4n) is 3.52. The number of carbonyl (C=O) groups is 1. The average molecular weight is 303 g/mol. The molecule has 3 rings (SSSR count). The summed E-state index contributed by atoms with van der Waals surface area (Å²) >= 11 is 0. The van der Waals surface area contributed by atoms with Crippen molar-refractivity contribution in [1.29, 1.82) is 0 Å². The standard InChI is InChI=1S/C16H21N3O3/c1-4-22-14-9-13(15(14)18-7-5-6-17-18)19-10(2)8-12(11(19)3)16(20)21/h5-8,13-15H,4,9H2,1-3H3,(H,20,21). The van der Waals surface area contributed by atoms with Crippen molar-refractivity contribution in [2.45, 2.75) is 45.4 Å². The molecular formula is C16H21N3O3. The quantitative estimate of drug-likeness (QED) is 0.921. The van der Waals surface area contributed by atoms with Crippen LogP contribution in [0.15, 0.2) is 24.5 Å². The Morgan fingerprint density at radius 2 is 2.27 bits per heavy atom. The number of carboxylic acids is 1. The van der Waals surface area contributed by atoms with Gasteiger partial charge in [-0.15, -0.1) is 0 Å². The van der Waals surface area contributed by atoms with E-state index in [0.29, 0.717) is 12.2 Å². The van der Waals surface area contributed by atoms with Gasteiger partial charge in [0.25, 0.3) is 0 Å². The molecule has 1 fully saturated rings. The fourth-order valence-corrected chi connectivity index (χ4v) is 3.52. The number of carboxylic acid groups (broad SMARTS) is 1. The summed E-state index contributed by atoms with van der Waals surface area (Å²) in [7, 11) is 0. The van der Waals surface area contributed by atoms with Crippen LogP contribution in [0, 0.1) is 13.8 Å². The van der Waals surface area contributed by atoms with Crippen LogP contribution in [0.4, 0.5) is 0 Å². The molecule has 2 aromatic rings. The summed E-state index contributed by atoms with van der Waals surface area (Å²) in [4.78, 5) is 11.3. The van der Waals surface area contributed by atoms with Crippen molar-refractivity contribution in [2.75, 3.05) is 6.61 Å². The monoisotopic (exact) mass is 303 g/mol. The lowest BCUT2D eigenvalue weighted by molar-refractivity contribution is -0.0731. The van der Waals surface area contributed by atoms with E-state index in [4.69, 9.17) is 4.74 Å². The fraction of sp³-hybridized carbons (Fsp3) is 0.500. The van der Waals surface area contributed by atoms with Gasteiger partial charge >= 0.3 is 5.97 Å². The first-order valence-corrected chi connectivity index (χ1v) is 7.57. The van der Waals surface area contributed by atoms with Crippen molar-refractivity contribution >= 4 is 5.97 Å². The topological polar surface area (TPSA) is 69.3 Å². The molecular weight excluding hydrogens is 282 g/mol. The lowest BCUT2D eigenvalue weighted by Gasteiger charge is -2.45. The zero-order valence-corrected chi connectivity index (χ0v) is 13.1. The second-order valence-corrected chi connectivity index (χ2v) is 5.73. The van der Waals surface area contributed by atoms with Crippen molar-refractivity contribution in [3.63, 3.8) is 0 Å². The van der Waals surface area contributed by atoms with Crippen molar-refractivity contribution in [1.82, 2.24) is 14.3 Å². The highest BCUT2D eigenvalue weighted by Crippen LogP contribution is 2.46. The molecule has 22 heavy (non-hydrogen) atoms. The SMILES string of the molecule is CCOC1CC(n2c(C)cc(C(=O)O)c2C)C1n1cccn1. The highest BCUT2D eigenvalue weighted by molar-refractivity contribution is 5.89. The number of hydrogen-bond donors (Lipinski definition) is 1. The van der Waals surface area contributed by atoms with Gasteiger partial charge in [-0.3, -0.25) is 4.68 Å². The van der Waals surface area contributed by atoms with Gasteiger partial charge in [0.2, 0.25) is 0 Å². The van der Waals surface area contributed by atoms with Crippen LogP contribution in [0.1, 0.15) is 47.2 Å². The molecule has 6 nitrogen and oxygen atoms in total. The van der Waals surface area contributed by atoms with Crippen LogP contribution in [-0.2, 0) is 4.74 Å². The molecule has 3 atom stereocenters. The second-order valence-electron chi connectivity index (χ2n) is 5.73. The predicted octanol–water partition coefficient (Wildman–Crippen LogP) is 2.59. The Hall–Kier alpha value is -2.08. The third-order valence-corrected chi connectivity index (χ3v) is 4.51. The highest BCUT2D eigenvalue weighted by atomic mass is 16.5. The van der Waals surface area contributed by atoms with Crippen molar-refractivity contribution in [3.05, 3.63) is 41.5 Å². The number of aromatic nitrogens is 3. The minimum atomic E-state index is -0.879. The van der Waals surface area contributed by atoms with Crippen LogP contribution in [0.3, 0.4) is 0 Å². The summed E-state index contributed by atoms with van der Waals surface area (Å²) in [5.41, 5.74) is 2.13. The summed E-state index contributed by atoms with van der Waals surface area (Å²) in [5, 5.41) is 13.7.